The van der Waals surface area contributed by atoms with Crippen molar-refractivity contribution in [1.29, 1.82) is 0 Å². The lowest BCUT2D eigenvalue weighted by Crippen LogP contribution is -2.04. The number of ether oxygens (including phenoxy) is 2. The summed E-state index contributed by atoms with van der Waals surface area (Å²) in [5.41, 5.74) is 2.13. The van der Waals surface area contributed by atoms with Crippen molar-refractivity contribution in [2.75, 3.05) is 13.7 Å². The number of carbonyl (C=O) groups is 1. The molecule has 0 bridgehead atoms. The molecule has 0 amide bonds. The van der Waals surface area contributed by atoms with Gasteiger partial charge in [-0.1, -0.05) is 49.8 Å². The monoisotopic (exact) mass is 416 g/mol. The van der Waals surface area contributed by atoms with Crippen molar-refractivity contribution < 1.29 is 18.7 Å². The van der Waals surface area contributed by atoms with Gasteiger partial charge < -0.3 is 13.9 Å². The lowest BCUT2D eigenvalue weighted by Gasteiger charge is -2.03. The molecule has 3 aromatic rings. The van der Waals surface area contributed by atoms with Crippen LogP contribution in [0.5, 0.6) is 5.75 Å². The first-order valence-corrected chi connectivity index (χ1v) is 10.6. The first-order valence-electron chi connectivity index (χ1n) is 10.6. The molecule has 1 heterocycles. The van der Waals surface area contributed by atoms with Gasteiger partial charge in [0.1, 0.15) is 22.8 Å². The summed E-state index contributed by atoms with van der Waals surface area (Å²) in [5.74, 6) is 8.09. The Morgan fingerprint density at radius 3 is 2.61 bits per heavy atom. The minimum Gasteiger partial charge on any atom is -0.497 e. The lowest BCUT2D eigenvalue weighted by molar-refractivity contribution is 0.0524. The largest absolute Gasteiger partial charge is 0.497 e. The van der Waals surface area contributed by atoms with Gasteiger partial charge in [0.25, 0.3) is 0 Å². The quantitative estimate of drug-likeness (QED) is 0.249. The summed E-state index contributed by atoms with van der Waals surface area (Å²) >= 11 is 0. The maximum absolute atomic E-state index is 12.2. The van der Waals surface area contributed by atoms with Gasteiger partial charge in [-0.25, -0.2) is 4.79 Å². The normalized spacial score (nSPS) is 11.2. The van der Waals surface area contributed by atoms with Crippen molar-refractivity contribution >= 4 is 22.3 Å². The number of benzene rings is 2. The summed E-state index contributed by atoms with van der Waals surface area (Å²) in [6, 6.07) is 13.8. The number of hydrogen-bond acceptors (Lipinski definition) is 4. The molecular formula is C27H28O4. The number of unbranched alkanes of at least 4 members (excludes halogenated alkanes) is 2. The van der Waals surface area contributed by atoms with E-state index in [0.29, 0.717) is 23.7 Å². The minimum atomic E-state index is -0.374. The summed E-state index contributed by atoms with van der Waals surface area (Å²) in [4.78, 5) is 12.2. The van der Waals surface area contributed by atoms with Gasteiger partial charge in [0.2, 0.25) is 0 Å². The number of aryl methyl sites for hydroxylation is 1. The van der Waals surface area contributed by atoms with Crippen molar-refractivity contribution in [3.63, 3.8) is 0 Å². The third-order valence-electron chi connectivity index (χ3n) is 4.97. The first-order chi connectivity index (χ1) is 15.0. The van der Waals surface area contributed by atoms with Crippen LogP contribution in [0.4, 0.5) is 0 Å². The molecular weight excluding hydrogens is 388 g/mol. The predicted octanol–water partition coefficient (Wildman–Crippen LogP) is 6.55. The van der Waals surface area contributed by atoms with Crippen LogP contribution >= 0.6 is 0 Å². The minimum absolute atomic E-state index is 0.325. The molecule has 0 saturated carbocycles. The van der Waals surface area contributed by atoms with E-state index in [4.69, 9.17) is 13.9 Å². The van der Waals surface area contributed by atoms with Crippen LogP contribution in [0.25, 0.3) is 16.3 Å². The highest BCUT2D eigenvalue weighted by molar-refractivity contribution is 5.92. The Hall–Kier alpha value is -3.45. The molecule has 0 spiro atoms. The average Bonchev–Trinajstić information content (AvgIpc) is 3.17. The van der Waals surface area contributed by atoms with Crippen LogP contribution < -0.4 is 4.74 Å². The second kappa shape index (κ2) is 10.5. The zero-order chi connectivity index (χ0) is 22.2. The van der Waals surface area contributed by atoms with E-state index < -0.39 is 0 Å². The van der Waals surface area contributed by atoms with E-state index >= 15 is 0 Å². The second-order valence-corrected chi connectivity index (χ2v) is 7.24. The zero-order valence-corrected chi connectivity index (χ0v) is 18.6. The summed E-state index contributed by atoms with van der Waals surface area (Å²) in [5, 5.41) is 2.20. The van der Waals surface area contributed by atoms with Gasteiger partial charge in [-0.2, -0.15) is 0 Å². The van der Waals surface area contributed by atoms with Crippen molar-refractivity contribution in [3.8, 4) is 17.6 Å². The summed E-state index contributed by atoms with van der Waals surface area (Å²) < 4.78 is 16.3. The predicted molar refractivity (Wildman–Crippen MR) is 124 cm³/mol. The van der Waals surface area contributed by atoms with E-state index in [0.717, 1.165) is 46.9 Å². The van der Waals surface area contributed by atoms with Gasteiger partial charge in [-0.05, 0) is 61.4 Å². The van der Waals surface area contributed by atoms with Gasteiger partial charge >= 0.3 is 5.97 Å². The number of esters is 1. The van der Waals surface area contributed by atoms with Crippen molar-refractivity contribution in [1.82, 2.24) is 0 Å². The van der Waals surface area contributed by atoms with Crippen LogP contribution in [0.15, 0.2) is 53.0 Å². The van der Waals surface area contributed by atoms with Crippen molar-refractivity contribution in [3.05, 3.63) is 71.2 Å². The number of methoxy groups -OCH3 is 1. The summed E-state index contributed by atoms with van der Waals surface area (Å²) in [6.07, 6.45) is 5.13. The SMILES string of the molecule is CCCC/C=C(/C#Cc1ccc2cc(OC)ccc2c1)c1cc(C(=O)OCC)c(C)o1. The Balaban J connectivity index is 1.94. The lowest BCUT2D eigenvalue weighted by atomic mass is 10.1. The van der Waals surface area contributed by atoms with E-state index in [-0.39, 0.29) is 5.97 Å². The highest BCUT2D eigenvalue weighted by atomic mass is 16.5. The maximum atomic E-state index is 12.2. The molecule has 0 N–H and O–H groups in total. The molecule has 160 valence electrons. The molecule has 0 aliphatic heterocycles. The maximum Gasteiger partial charge on any atom is 0.341 e. The van der Waals surface area contributed by atoms with Crippen LogP contribution in [-0.4, -0.2) is 19.7 Å². The van der Waals surface area contributed by atoms with Gasteiger partial charge in [-0.15, -0.1) is 0 Å². The van der Waals surface area contributed by atoms with Gasteiger partial charge in [0.05, 0.1) is 19.3 Å². The van der Waals surface area contributed by atoms with Crippen LogP contribution in [0, 0.1) is 18.8 Å². The Morgan fingerprint density at radius 2 is 1.87 bits per heavy atom. The van der Waals surface area contributed by atoms with Gasteiger partial charge in [0, 0.05) is 5.56 Å². The van der Waals surface area contributed by atoms with E-state index in [2.05, 4.69) is 30.9 Å². The highest BCUT2D eigenvalue weighted by Crippen LogP contribution is 2.24. The molecule has 0 radical (unpaired) electrons. The van der Waals surface area contributed by atoms with Crippen LogP contribution in [0.1, 0.15) is 60.6 Å². The number of hydrogen-bond donors (Lipinski definition) is 0. The Labute approximate surface area is 183 Å². The molecule has 0 aliphatic rings. The Bertz CT molecular complexity index is 1150. The molecule has 31 heavy (non-hydrogen) atoms. The van der Waals surface area contributed by atoms with Crippen molar-refractivity contribution in [2.45, 2.75) is 40.0 Å². The Kier molecular flexibility index (Phi) is 7.56. The molecule has 0 unspecified atom stereocenters. The van der Waals surface area contributed by atoms with Crippen LogP contribution in [0.2, 0.25) is 0 Å². The van der Waals surface area contributed by atoms with E-state index in [1.807, 2.05) is 30.3 Å². The molecule has 4 heteroatoms. The second-order valence-electron chi connectivity index (χ2n) is 7.24. The number of furan rings is 1. The first kappa shape index (κ1) is 22.2. The number of allylic oxidation sites excluding steroid dienone is 2. The van der Waals surface area contributed by atoms with Crippen LogP contribution in [-0.2, 0) is 4.74 Å². The van der Waals surface area contributed by atoms with E-state index in [1.165, 1.54) is 0 Å². The average molecular weight is 417 g/mol. The van der Waals surface area contributed by atoms with Gasteiger partial charge in [0.15, 0.2) is 0 Å². The zero-order valence-electron chi connectivity index (χ0n) is 18.6. The smallest absolute Gasteiger partial charge is 0.341 e. The molecule has 0 fully saturated rings. The third-order valence-corrected chi connectivity index (χ3v) is 4.97. The fraction of sp³-hybridized carbons (Fsp3) is 0.296. The highest BCUT2D eigenvalue weighted by Gasteiger charge is 2.17. The van der Waals surface area contributed by atoms with E-state index in [1.54, 1.807) is 27.0 Å². The number of fused-ring (bicyclic) bond motifs is 1. The standard InChI is InChI=1S/C27H28O4/c1-5-7-8-9-21(26-18-25(19(3)31-26)27(28)30-6-2)12-10-20-11-13-23-17-24(29-4)15-14-22(23)16-20/h9,11,13-18H,5-8H2,1-4H3/b21-9-. The number of rotatable bonds is 7. The van der Waals surface area contributed by atoms with Gasteiger partial charge in [-0.3, -0.25) is 0 Å². The molecule has 0 atom stereocenters. The molecule has 3 rings (SSSR count). The summed E-state index contributed by atoms with van der Waals surface area (Å²) in [6.45, 7) is 6.03. The summed E-state index contributed by atoms with van der Waals surface area (Å²) in [7, 11) is 1.66. The number of carbonyl (C=O) groups excluding carboxylic acids is 1. The molecule has 2 aromatic carbocycles. The van der Waals surface area contributed by atoms with E-state index in [9.17, 15) is 4.79 Å². The fourth-order valence-electron chi connectivity index (χ4n) is 3.26. The topological polar surface area (TPSA) is 48.7 Å². The Morgan fingerprint density at radius 1 is 1.10 bits per heavy atom. The molecule has 4 nitrogen and oxygen atoms in total. The van der Waals surface area contributed by atoms with Crippen LogP contribution in [0.3, 0.4) is 0 Å². The molecule has 0 aliphatic carbocycles. The molecule has 0 saturated heterocycles. The third kappa shape index (κ3) is 5.58. The van der Waals surface area contributed by atoms with Crippen molar-refractivity contribution in [2.24, 2.45) is 0 Å². The fourth-order valence-corrected chi connectivity index (χ4v) is 3.26. The molecule has 1 aromatic heterocycles.